The Morgan fingerprint density at radius 3 is 2.40 bits per heavy atom. The topological polar surface area (TPSA) is 41.5 Å². The first-order chi connectivity index (χ1) is 6.77. The van der Waals surface area contributed by atoms with Gasteiger partial charge in [-0.3, -0.25) is 0 Å². The lowest BCUT2D eigenvalue weighted by molar-refractivity contribution is -0.0702. The maximum atomic E-state index is 9.52. The molecule has 0 saturated carbocycles. The highest BCUT2D eigenvalue weighted by Gasteiger charge is 2.45. The quantitative estimate of drug-likeness (QED) is 0.750. The largest absolute Gasteiger partial charge is 0.392 e. The fourth-order valence-corrected chi connectivity index (χ4v) is 2.30. The molecule has 0 bridgehead atoms. The van der Waals surface area contributed by atoms with Crippen LogP contribution in [0.3, 0.4) is 0 Å². The van der Waals surface area contributed by atoms with Gasteiger partial charge in [0.25, 0.3) is 0 Å². The fraction of sp³-hybridized carbons (Fsp3) is 1.00. The molecule has 0 aromatic carbocycles. The van der Waals surface area contributed by atoms with Crippen molar-refractivity contribution in [1.82, 2.24) is 5.32 Å². The second-order valence-electron chi connectivity index (χ2n) is 5.69. The first-order valence-electron chi connectivity index (χ1n) is 5.88. The highest BCUT2D eigenvalue weighted by atomic mass is 16.5. The molecule has 1 heterocycles. The smallest absolute Gasteiger partial charge is 0.0787 e. The van der Waals surface area contributed by atoms with Crippen LogP contribution in [0.25, 0.3) is 0 Å². The Kier molecular flexibility index (Phi) is 3.80. The molecule has 3 nitrogen and oxygen atoms in total. The number of aliphatic hydroxyl groups is 1. The molecule has 0 spiro atoms. The second-order valence-corrected chi connectivity index (χ2v) is 5.69. The molecule has 1 aliphatic rings. The van der Waals surface area contributed by atoms with Crippen molar-refractivity contribution in [3.8, 4) is 0 Å². The number of hydrogen-bond donors (Lipinski definition) is 2. The van der Waals surface area contributed by atoms with Crippen LogP contribution < -0.4 is 5.32 Å². The van der Waals surface area contributed by atoms with Crippen LogP contribution in [-0.2, 0) is 4.74 Å². The molecule has 3 heteroatoms. The Morgan fingerprint density at radius 2 is 2.00 bits per heavy atom. The SMILES string of the molecule is CC[C@@H](O)CNC1CC(C)(C)OC1(C)C. The molecule has 0 aromatic rings. The van der Waals surface area contributed by atoms with Gasteiger partial charge in [-0.1, -0.05) is 6.92 Å². The van der Waals surface area contributed by atoms with E-state index in [9.17, 15) is 5.11 Å². The van der Waals surface area contributed by atoms with Gasteiger partial charge in [0.1, 0.15) is 0 Å². The number of rotatable bonds is 4. The van der Waals surface area contributed by atoms with Gasteiger partial charge >= 0.3 is 0 Å². The molecule has 1 unspecified atom stereocenters. The highest BCUT2D eigenvalue weighted by molar-refractivity contribution is 4.98. The Bertz CT molecular complexity index is 214. The summed E-state index contributed by atoms with van der Waals surface area (Å²) in [5, 5.41) is 12.9. The Hall–Kier alpha value is -0.120. The first-order valence-corrected chi connectivity index (χ1v) is 5.88. The van der Waals surface area contributed by atoms with E-state index in [-0.39, 0.29) is 17.3 Å². The summed E-state index contributed by atoms with van der Waals surface area (Å²) in [5.74, 6) is 0. The van der Waals surface area contributed by atoms with Crippen molar-refractivity contribution in [2.24, 2.45) is 0 Å². The van der Waals surface area contributed by atoms with Crippen molar-refractivity contribution < 1.29 is 9.84 Å². The average Bonchev–Trinajstić information content (AvgIpc) is 2.29. The summed E-state index contributed by atoms with van der Waals surface area (Å²) < 4.78 is 5.97. The monoisotopic (exact) mass is 215 g/mol. The van der Waals surface area contributed by atoms with Crippen LogP contribution >= 0.6 is 0 Å². The zero-order valence-corrected chi connectivity index (χ0v) is 10.6. The summed E-state index contributed by atoms with van der Waals surface area (Å²) in [6.07, 6.45) is 1.55. The lowest BCUT2D eigenvalue weighted by Crippen LogP contribution is -2.45. The average molecular weight is 215 g/mol. The minimum atomic E-state index is -0.246. The van der Waals surface area contributed by atoms with Crippen LogP contribution in [0, 0.1) is 0 Å². The van der Waals surface area contributed by atoms with Gasteiger partial charge in [0.2, 0.25) is 0 Å². The van der Waals surface area contributed by atoms with Gasteiger partial charge in [0.05, 0.1) is 17.3 Å². The number of hydrogen-bond acceptors (Lipinski definition) is 3. The van der Waals surface area contributed by atoms with Crippen LogP contribution in [0.5, 0.6) is 0 Å². The zero-order valence-electron chi connectivity index (χ0n) is 10.6. The van der Waals surface area contributed by atoms with E-state index in [2.05, 4.69) is 33.0 Å². The summed E-state index contributed by atoms with van der Waals surface area (Å²) in [5.41, 5.74) is -0.199. The van der Waals surface area contributed by atoms with E-state index in [1.807, 2.05) is 6.92 Å². The third-order valence-electron chi connectivity index (χ3n) is 3.15. The van der Waals surface area contributed by atoms with Crippen molar-refractivity contribution in [2.45, 2.75) is 70.8 Å². The third-order valence-corrected chi connectivity index (χ3v) is 3.15. The van der Waals surface area contributed by atoms with Gasteiger partial charge in [-0.2, -0.15) is 0 Å². The van der Waals surface area contributed by atoms with E-state index in [1.165, 1.54) is 0 Å². The first kappa shape index (κ1) is 12.9. The van der Waals surface area contributed by atoms with Crippen molar-refractivity contribution in [3.05, 3.63) is 0 Å². The predicted molar refractivity (Wildman–Crippen MR) is 61.9 cm³/mol. The van der Waals surface area contributed by atoms with Crippen LogP contribution in [0.1, 0.15) is 47.5 Å². The maximum Gasteiger partial charge on any atom is 0.0787 e. The maximum absolute atomic E-state index is 9.52. The van der Waals surface area contributed by atoms with Crippen LogP contribution in [0.2, 0.25) is 0 Å². The van der Waals surface area contributed by atoms with Gasteiger partial charge in [-0.25, -0.2) is 0 Å². The Morgan fingerprint density at radius 1 is 1.40 bits per heavy atom. The van der Waals surface area contributed by atoms with Crippen LogP contribution in [0.15, 0.2) is 0 Å². The molecular weight excluding hydrogens is 190 g/mol. The molecule has 1 fully saturated rings. The van der Waals surface area contributed by atoms with Gasteiger partial charge < -0.3 is 15.2 Å². The van der Waals surface area contributed by atoms with E-state index in [4.69, 9.17) is 4.74 Å². The van der Waals surface area contributed by atoms with Gasteiger partial charge in [0, 0.05) is 12.6 Å². The summed E-state index contributed by atoms with van der Waals surface area (Å²) >= 11 is 0. The van der Waals surface area contributed by atoms with E-state index < -0.39 is 0 Å². The normalized spacial score (nSPS) is 30.4. The third kappa shape index (κ3) is 3.44. The summed E-state index contributed by atoms with van der Waals surface area (Å²) in [7, 11) is 0. The number of aliphatic hydroxyl groups excluding tert-OH is 1. The molecular formula is C12H25NO2. The van der Waals surface area contributed by atoms with E-state index in [1.54, 1.807) is 0 Å². The van der Waals surface area contributed by atoms with E-state index >= 15 is 0 Å². The molecule has 0 amide bonds. The molecule has 1 rings (SSSR count). The van der Waals surface area contributed by atoms with Crippen molar-refractivity contribution in [1.29, 1.82) is 0 Å². The van der Waals surface area contributed by atoms with Gasteiger partial charge in [-0.15, -0.1) is 0 Å². The molecule has 2 atom stereocenters. The zero-order chi connectivity index (χ0) is 11.7. The molecule has 0 aromatic heterocycles. The predicted octanol–water partition coefficient (Wildman–Crippen LogP) is 1.69. The molecule has 15 heavy (non-hydrogen) atoms. The molecule has 2 N–H and O–H groups in total. The molecule has 1 aliphatic heterocycles. The Balaban J connectivity index is 2.48. The lowest BCUT2D eigenvalue weighted by atomic mass is 9.94. The number of nitrogens with one attached hydrogen (secondary N) is 1. The minimum absolute atomic E-state index is 0.0572. The van der Waals surface area contributed by atoms with Crippen LogP contribution in [-0.4, -0.2) is 35.0 Å². The Labute approximate surface area is 93.2 Å². The van der Waals surface area contributed by atoms with Gasteiger partial charge in [0.15, 0.2) is 0 Å². The van der Waals surface area contributed by atoms with Crippen LogP contribution in [0.4, 0.5) is 0 Å². The number of ether oxygens (including phenoxy) is 1. The van der Waals surface area contributed by atoms with E-state index in [0.29, 0.717) is 12.6 Å². The van der Waals surface area contributed by atoms with Crippen molar-refractivity contribution in [2.75, 3.05) is 6.54 Å². The van der Waals surface area contributed by atoms with E-state index in [0.717, 1.165) is 12.8 Å². The highest BCUT2D eigenvalue weighted by Crippen LogP contribution is 2.37. The summed E-state index contributed by atoms with van der Waals surface area (Å²) in [6, 6.07) is 0.327. The molecule has 90 valence electrons. The second kappa shape index (κ2) is 4.40. The molecule has 0 aliphatic carbocycles. The summed E-state index contributed by atoms with van der Waals surface area (Å²) in [4.78, 5) is 0. The van der Waals surface area contributed by atoms with Gasteiger partial charge in [-0.05, 0) is 40.5 Å². The van der Waals surface area contributed by atoms with Crippen molar-refractivity contribution in [3.63, 3.8) is 0 Å². The standard InChI is InChI=1S/C12H25NO2/c1-6-9(14)8-13-10-7-11(2,3)15-12(10,4)5/h9-10,13-14H,6-8H2,1-5H3/t9-,10?/m1/s1. The summed E-state index contributed by atoms with van der Waals surface area (Å²) in [6.45, 7) is 11.1. The van der Waals surface area contributed by atoms with Crippen molar-refractivity contribution >= 4 is 0 Å². The minimum Gasteiger partial charge on any atom is -0.392 e. The lowest BCUT2D eigenvalue weighted by Gasteiger charge is -2.28. The fourth-order valence-electron chi connectivity index (χ4n) is 2.30. The molecule has 1 saturated heterocycles. The molecule has 0 radical (unpaired) electrons.